The van der Waals surface area contributed by atoms with Crippen LogP contribution in [0.15, 0.2) is 251 Å². The third-order valence-electron chi connectivity index (χ3n) is 23.9. The van der Waals surface area contributed by atoms with E-state index in [9.17, 15) is 64.3 Å². The topological polar surface area (TPSA) is 289 Å². The largest absolute Gasteiger partial charge is 0.354 e. The van der Waals surface area contributed by atoms with Crippen LogP contribution in [0.25, 0.3) is 0 Å². The summed E-state index contributed by atoms with van der Waals surface area (Å²) in [6.45, 7) is 27.3. The quantitative estimate of drug-likeness (QED) is 0.0177. The molecular weight excluding hydrogens is 1610 g/mol. The number of fused-ring (bicyclic) bond motifs is 4. The lowest BCUT2D eigenvalue weighted by Crippen LogP contribution is -2.38. The summed E-state index contributed by atoms with van der Waals surface area (Å²) in [6, 6.07) is 22.9. The third-order valence-corrected chi connectivity index (χ3v) is 25.6. The Labute approximate surface area is 729 Å². The second-order valence-corrected chi connectivity index (χ2v) is 37.2. The van der Waals surface area contributed by atoms with Gasteiger partial charge in [0.1, 0.15) is 13.1 Å². The van der Waals surface area contributed by atoms with Gasteiger partial charge in [0.2, 0.25) is 17.3 Å². The van der Waals surface area contributed by atoms with Gasteiger partial charge in [-0.2, -0.15) is 26.0 Å². The van der Waals surface area contributed by atoms with Gasteiger partial charge in [0.25, 0.3) is 55.7 Å². The molecule has 2 aliphatic carbocycles. The molecule has 124 heavy (non-hydrogen) atoms. The molecule has 7 aliphatic heterocycles. The van der Waals surface area contributed by atoms with Gasteiger partial charge in [-0.15, -0.1) is 5.06 Å². The van der Waals surface area contributed by atoms with Crippen molar-refractivity contribution in [1.29, 1.82) is 0 Å². The highest BCUT2D eigenvalue weighted by molar-refractivity contribution is 7.86. The second kappa shape index (κ2) is 40.3. The minimum absolute atomic E-state index is 0.0479. The first-order valence-electron chi connectivity index (χ1n) is 42.8. The van der Waals surface area contributed by atoms with Crippen LogP contribution in [-0.4, -0.2) is 155 Å². The number of nitrogens with zero attached hydrogens (tertiary/aromatic N) is 7. The molecule has 3 N–H and O–H groups in total. The SMILES string of the molecule is CCCN1C(=O)C=CC1=O.Cc1ccc2c(c1)C(C)(C)C(=CC=CC1=[N+](CCCCCC(=O)NCCN3C(=O)C=CC3=O)c3ccc(S(=O)(=O)O)cc3C1(C)C)N2CCCC1=C/C=C\C=C/C=C1.Cc1ccc2c(c1)C(C)(C)C(=CC=CC1=[N+](CCCCCC(=O)ON3C(=O)CCC3=O)c3ccc(S(=O)(=O)O)cc3C1(C)C)N2CCCC1=C/C=C\C=C/C=C1. The fourth-order valence-electron chi connectivity index (χ4n) is 17.2. The number of aryl methyl sites for hydroxylation is 2. The molecule has 9 aliphatic rings. The fourth-order valence-corrected chi connectivity index (χ4v) is 18.3. The number of allylic oxidation sites excluding steroid dienone is 24. The Morgan fingerprint density at radius 3 is 1.30 bits per heavy atom. The minimum Gasteiger partial charge on any atom is -0.354 e. The first-order chi connectivity index (χ1) is 58.9. The van der Waals surface area contributed by atoms with Crippen LogP contribution in [0.4, 0.5) is 22.7 Å². The predicted octanol–water partition coefficient (Wildman–Crippen LogP) is 16.6. The molecule has 0 unspecified atom stereocenters. The van der Waals surface area contributed by atoms with E-state index in [0.717, 1.165) is 96.9 Å². The van der Waals surface area contributed by atoms with Crippen LogP contribution < -0.4 is 15.1 Å². The van der Waals surface area contributed by atoms with E-state index < -0.39 is 48.8 Å². The number of carbonyl (C=O) groups is 8. The van der Waals surface area contributed by atoms with Crippen LogP contribution in [0, 0.1) is 13.8 Å². The number of imide groups is 3. The number of carbonyl (C=O) groups excluding carboxylic acids is 8. The number of anilines is 2. The van der Waals surface area contributed by atoms with Gasteiger partial charge in [-0.1, -0.05) is 167 Å². The summed E-state index contributed by atoms with van der Waals surface area (Å²) in [5, 5.41) is 3.38. The summed E-state index contributed by atoms with van der Waals surface area (Å²) < 4.78 is 73.1. The molecular formula is C99H116N8O15S2+2. The van der Waals surface area contributed by atoms with E-state index in [1.807, 2.05) is 43.4 Å². The van der Waals surface area contributed by atoms with Crippen molar-refractivity contribution in [3.8, 4) is 0 Å². The molecule has 4 aromatic carbocycles. The number of hydrogen-bond acceptors (Lipinski definition) is 15. The lowest BCUT2D eigenvalue weighted by atomic mass is 9.81. The zero-order valence-corrected chi connectivity index (χ0v) is 74.6. The number of amides is 7. The summed E-state index contributed by atoms with van der Waals surface area (Å²) in [5.41, 5.74) is 16.1. The second-order valence-electron chi connectivity index (χ2n) is 34.3. The Kier molecular flexibility index (Phi) is 30.3. The summed E-state index contributed by atoms with van der Waals surface area (Å²) in [4.78, 5) is 106. The molecule has 0 spiro atoms. The zero-order valence-electron chi connectivity index (χ0n) is 73.0. The van der Waals surface area contributed by atoms with E-state index >= 15 is 0 Å². The summed E-state index contributed by atoms with van der Waals surface area (Å²) >= 11 is 0. The maximum atomic E-state index is 12.5. The molecule has 0 aromatic heterocycles. The number of hydrogen-bond donors (Lipinski definition) is 3. The van der Waals surface area contributed by atoms with E-state index in [1.165, 1.54) is 97.5 Å². The van der Waals surface area contributed by atoms with Gasteiger partial charge in [-0.3, -0.25) is 52.5 Å². The molecule has 13 rings (SSSR count). The van der Waals surface area contributed by atoms with E-state index in [-0.39, 0.29) is 82.5 Å². The van der Waals surface area contributed by atoms with E-state index in [4.69, 9.17) is 4.84 Å². The monoisotopic (exact) mass is 1720 g/mol. The van der Waals surface area contributed by atoms with Crippen LogP contribution in [0.1, 0.15) is 192 Å². The lowest BCUT2D eigenvalue weighted by Gasteiger charge is -2.27. The fraction of sp³-hybridized carbons (Fsp3) is 0.374. The average molecular weight is 1720 g/mol. The zero-order chi connectivity index (χ0) is 89.5. The lowest BCUT2D eigenvalue weighted by molar-refractivity contribution is -0.438. The number of rotatable bonds is 32. The van der Waals surface area contributed by atoms with Crippen LogP contribution in [0.2, 0.25) is 0 Å². The number of hydroxylamine groups is 2. The van der Waals surface area contributed by atoms with Crippen LogP contribution >= 0.6 is 0 Å². The Bertz CT molecular complexity index is 5620. The molecule has 7 amide bonds. The first-order valence-corrected chi connectivity index (χ1v) is 45.7. The minimum atomic E-state index is -4.42. The molecule has 25 heteroatoms. The predicted molar refractivity (Wildman–Crippen MR) is 484 cm³/mol. The van der Waals surface area contributed by atoms with Gasteiger partial charge in [0.15, 0.2) is 11.4 Å². The van der Waals surface area contributed by atoms with Crippen molar-refractivity contribution in [3.05, 3.63) is 275 Å². The highest BCUT2D eigenvalue weighted by atomic mass is 32.2. The molecule has 0 bridgehead atoms. The van der Waals surface area contributed by atoms with Gasteiger partial charge in [-0.25, -0.2) is 4.79 Å². The molecule has 652 valence electrons. The maximum absolute atomic E-state index is 12.5. The Morgan fingerprint density at radius 1 is 0.460 bits per heavy atom. The van der Waals surface area contributed by atoms with Crippen molar-refractivity contribution in [2.45, 2.75) is 204 Å². The Balaban J connectivity index is 0.000000217. The number of unbranched alkanes of at least 4 members (excludes halogenated alkanes) is 4. The van der Waals surface area contributed by atoms with E-state index in [2.05, 4.69) is 215 Å². The third kappa shape index (κ3) is 22.1. The molecule has 7 heterocycles. The highest BCUT2D eigenvalue weighted by Gasteiger charge is 2.48. The Hall–Kier alpha value is -11.6. The van der Waals surface area contributed by atoms with Crippen molar-refractivity contribution >= 4 is 102 Å². The van der Waals surface area contributed by atoms with E-state index in [1.54, 1.807) is 24.3 Å². The van der Waals surface area contributed by atoms with Crippen molar-refractivity contribution in [2.75, 3.05) is 55.6 Å². The molecule has 4 aromatic rings. The van der Waals surface area contributed by atoms with Crippen molar-refractivity contribution < 1.29 is 78.3 Å². The van der Waals surface area contributed by atoms with Crippen molar-refractivity contribution in [1.82, 2.24) is 20.2 Å². The summed E-state index contributed by atoms with van der Waals surface area (Å²) in [7, 11) is -8.82. The smallest absolute Gasteiger partial charge is 0.333 e. The van der Waals surface area contributed by atoms with Gasteiger partial charge in [0, 0.05) is 165 Å². The van der Waals surface area contributed by atoms with Crippen LogP contribution in [0.3, 0.4) is 0 Å². The molecule has 1 saturated heterocycles. The molecule has 0 radical (unpaired) electrons. The van der Waals surface area contributed by atoms with Gasteiger partial charge < -0.3 is 20.0 Å². The number of benzene rings is 4. The molecule has 1 fully saturated rings. The summed E-state index contributed by atoms with van der Waals surface area (Å²) in [6.07, 6.45) is 56.4. The van der Waals surface area contributed by atoms with Crippen LogP contribution in [-0.2, 0) is 85.1 Å². The molecule has 0 atom stereocenters. The van der Waals surface area contributed by atoms with Crippen molar-refractivity contribution in [2.24, 2.45) is 0 Å². The first kappa shape index (κ1) is 93.1. The Morgan fingerprint density at radius 2 is 0.871 bits per heavy atom. The van der Waals surface area contributed by atoms with Gasteiger partial charge >= 0.3 is 5.97 Å². The summed E-state index contributed by atoms with van der Waals surface area (Å²) in [5.74, 6) is -2.87. The number of nitrogens with one attached hydrogen (secondary N) is 1. The van der Waals surface area contributed by atoms with Gasteiger partial charge in [0.05, 0.1) is 20.6 Å². The maximum Gasteiger partial charge on any atom is 0.333 e. The van der Waals surface area contributed by atoms with Crippen LogP contribution in [0.5, 0.6) is 0 Å². The highest BCUT2D eigenvalue weighted by Crippen LogP contribution is 2.51. The molecule has 0 saturated carbocycles. The van der Waals surface area contributed by atoms with E-state index in [0.29, 0.717) is 56.8 Å². The molecule has 23 nitrogen and oxygen atoms in total. The average Bonchev–Trinajstić information content (AvgIpc) is 1.60. The van der Waals surface area contributed by atoms with Gasteiger partial charge in [-0.05, 0) is 170 Å². The normalized spacial score (nSPS) is 19.9. The van der Waals surface area contributed by atoms with Crippen molar-refractivity contribution in [3.63, 3.8) is 0 Å². The standard InChI is InChI=1S/C47H54N4O6S.C45H51N3O7S.C7H9NO2/c1-34-22-24-39-37(32-34)46(2,3)41(50(39)30-15-18-35-16-10-7-6-8-11-17-35)19-14-20-42-47(4,5)38-33-36(58(55,56)57)23-25-40(38)49(42)29-13-9-12-21-43(52)48-28-31-51-44(53)26-27-45(51)54;1-32-22-24-37-35(30-32)44(2,3)39(47(37)29-15-18-33-16-10-7-6-8-11-17-33)19-14-20-40-45(4,5)36-31-34(56(52,53)54)23-25-38(36)46(40)28-13-9-12-21-43(51)55-48-41(49)26-27-42(48)50;1-2-5-8-6(9)3-4-7(8)10/h6-8,10-11,14,16-17,19-20,22-27,32-33H,9,12-13,15,18,21,28-31H2,1-5H3,(H-,48,52,55,56,57);6-8,10-11,14,16-17,19-20,22-25,30-31H,9,12-13,15,18,21,26-29H2,1-5H3;3-4H,2,5H2,1H3/p+2/b7-6-,8-6?,10-7?,11-8-,16-10?,17-11?,35-16?,35-17?;7-6-,8-6?,10-7?,11-8-,16-10?,17-11?,33-16?,33-17?;.